The third-order valence-electron chi connectivity index (χ3n) is 2.73. The van der Waals surface area contributed by atoms with Crippen molar-refractivity contribution >= 4 is 11.8 Å². The van der Waals surface area contributed by atoms with Crippen LogP contribution in [0.4, 0.5) is 23.7 Å². The van der Waals surface area contributed by atoms with E-state index in [4.69, 9.17) is 4.74 Å². The molecule has 19 heavy (non-hydrogen) atoms. The molecule has 0 bridgehead atoms. The molecule has 1 amide bonds. The Labute approximate surface area is 107 Å². The molecule has 1 aromatic carbocycles. The van der Waals surface area contributed by atoms with Crippen molar-refractivity contribution in [3.63, 3.8) is 0 Å². The first-order chi connectivity index (χ1) is 8.95. The van der Waals surface area contributed by atoms with Gasteiger partial charge >= 0.3 is 12.3 Å². The van der Waals surface area contributed by atoms with Crippen LogP contribution in [0.1, 0.15) is 12.0 Å². The minimum Gasteiger partial charge on any atom is -0.445 e. The van der Waals surface area contributed by atoms with Gasteiger partial charge < -0.3 is 10.1 Å². The molecule has 1 unspecified atom stereocenters. The minimum absolute atomic E-state index is 0.0609. The Balaban J connectivity index is 1.96. The zero-order valence-corrected chi connectivity index (χ0v) is 9.96. The van der Waals surface area contributed by atoms with E-state index in [1.165, 1.54) is 12.1 Å². The number of carbonyl (C=O) groups is 1. The summed E-state index contributed by atoms with van der Waals surface area (Å²) in [6.07, 6.45) is -4.70. The monoisotopic (exact) mass is 274 g/mol. The normalized spacial score (nSPS) is 19.2. The molecule has 1 saturated heterocycles. The number of benzene rings is 1. The van der Waals surface area contributed by atoms with Gasteiger partial charge in [0.1, 0.15) is 6.10 Å². The molecule has 1 aliphatic heterocycles. The van der Waals surface area contributed by atoms with Crippen molar-refractivity contribution in [1.29, 1.82) is 0 Å². The predicted octanol–water partition coefficient (Wildman–Crippen LogP) is 2.62. The molecule has 0 saturated carbocycles. The molecule has 0 spiro atoms. The maximum atomic E-state index is 12.5. The Morgan fingerprint density at radius 3 is 2.84 bits per heavy atom. The Morgan fingerprint density at radius 1 is 1.42 bits per heavy atom. The molecule has 1 aromatic rings. The first-order valence-corrected chi connectivity index (χ1v) is 5.81. The summed E-state index contributed by atoms with van der Waals surface area (Å²) in [6.45, 7) is 1.33. The number of halogens is 3. The van der Waals surface area contributed by atoms with Crippen LogP contribution in [-0.4, -0.2) is 25.3 Å². The molecular weight excluding hydrogens is 261 g/mol. The van der Waals surface area contributed by atoms with Gasteiger partial charge in [-0.15, -0.1) is 0 Å². The van der Waals surface area contributed by atoms with Gasteiger partial charge in [-0.05, 0) is 31.2 Å². The zero-order valence-electron chi connectivity index (χ0n) is 9.96. The highest BCUT2D eigenvalue weighted by Gasteiger charge is 2.30. The van der Waals surface area contributed by atoms with Crippen LogP contribution in [0.15, 0.2) is 24.3 Å². The number of nitrogens with one attached hydrogen (secondary N) is 2. The second-order valence-electron chi connectivity index (χ2n) is 4.22. The lowest BCUT2D eigenvalue weighted by Gasteiger charge is -2.13. The average Bonchev–Trinajstić information content (AvgIpc) is 2.80. The Kier molecular flexibility index (Phi) is 3.94. The van der Waals surface area contributed by atoms with Crippen LogP contribution in [0.2, 0.25) is 0 Å². The quantitative estimate of drug-likeness (QED) is 0.871. The lowest BCUT2D eigenvalue weighted by Crippen LogP contribution is -2.24. The number of carbonyl (C=O) groups excluding carboxylic acids is 1. The number of rotatable bonds is 2. The fourth-order valence-corrected chi connectivity index (χ4v) is 1.80. The largest absolute Gasteiger partial charge is 0.445 e. The van der Waals surface area contributed by atoms with Gasteiger partial charge in [0.05, 0.1) is 5.56 Å². The topological polar surface area (TPSA) is 50.4 Å². The van der Waals surface area contributed by atoms with Crippen LogP contribution < -0.4 is 10.6 Å². The zero-order chi connectivity index (χ0) is 13.9. The number of ether oxygens (including phenoxy) is 1. The van der Waals surface area contributed by atoms with Gasteiger partial charge in [0.25, 0.3) is 0 Å². The number of anilines is 1. The Morgan fingerprint density at radius 2 is 2.21 bits per heavy atom. The summed E-state index contributed by atoms with van der Waals surface area (Å²) in [5.41, 5.74) is -0.751. The summed E-state index contributed by atoms with van der Waals surface area (Å²) >= 11 is 0. The van der Waals surface area contributed by atoms with Crippen LogP contribution in [0.25, 0.3) is 0 Å². The van der Waals surface area contributed by atoms with Crippen LogP contribution in [-0.2, 0) is 10.9 Å². The van der Waals surface area contributed by atoms with Crippen LogP contribution in [0.5, 0.6) is 0 Å². The van der Waals surface area contributed by atoms with Crippen molar-refractivity contribution in [3.05, 3.63) is 29.8 Å². The standard InChI is InChI=1S/C12H13F3N2O2/c13-12(14,15)8-2-1-3-9(6-8)17-11(18)19-10-4-5-16-7-10/h1-3,6,10,16H,4-5,7H2,(H,17,18). The summed E-state index contributed by atoms with van der Waals surface area (Å²) in [5.74, 6) is 0. The number of hydrogen-bond acceptors (Lipinski definition) is 3. The van der Waals surface area contributed by atoms with Crippen molar-refractivity contribution in [1.82, 2.24) is 5.32 Å². The van der Waals surface area contributed by atoms with E-state index >= 15 is 0 Å². The van der Waals surface area contributed by atoms with Gasteiger partial charge in [-0.2, -0.15) is 13.2 Å². The van der Waals surface area contributed by atoms with Crippen molar-refractivity contribution in [3.8, 4) is 0 Å². The molecule has 2 N–H and O–H groups in total. The molecule has 1 aliphatic rings. The van der Waals surface area contributed by atoms with Crippen LogP contribution >= 0.6 is 0 Å². The maximum Gasteiger partial charge on any atom is 0.416 e. The maximum absolute atomic E-state index is 12.5. The minimum atomic E-state index is -4.43. The molecule has 104 valence electrons. The third kappa shape index (κ3) is 3.85. The van der Waals surface area contributed by atoms with Crippen molar-refractivity contribution in [2.24, 2.45) is 0 Å². The van der Waals surface area contributed by atoms with E-state index in [2.05, 4.69) is 10.6 Å². The molecule has 0 radical (unpaired) electrons. The molecule has 1 heterocycles. The molecule has 0 aromatic heterocycles. The molecule has 1 fully saturated rings. The predicted molar refractivity (Wildman–Crippen MR) is 62.8 cm³/mol. The second kappa shape index (κ2) is 5.48. The Hall–Kier alpha value is -1.76. The number of alkyl halides is 3. The first-order valence-electron chi connectivity index (χ1n) is 5.81. The Bertz CT molecular complexity index is 457. The highest BCUT2D eigenvalue weighted by molar-refractivity contribution is 5.84. The summed E-state index contributed by atoms with van der Waals surface area (Å²) in [4.78, 5) is 11.5. The van der Waals surface area contributed by atoms with Gasteiger partial charge in [0.2, 0.25) is 0 Å². The van der Waals surface area contributed by atoms with Gasteiger partial charge in [0, 0.05) is 12.2 Å². The van der Waals surface area contributed by atoms with E-state index in [1.807, 2.05) is 0 Å². The molecule has 2 rings (SSSR count). The van der Waals surface area contributed by atoms with Crippen molar-refractivity contribution < 1.29 is 22.7 Å². The summed E-state index contributed by atoms with van der Waals surface area (Å²) in [7, 11) is 0. The third-order valence-corrected chi connectivity index (χ3v) is 2.73. The molecule has 4 nitrogen and oxygen atoms in total. The van der Waals surface area contributed by atoms with E-state index in [0.29, 0.717) is 13.0 Å². The average molecular weight is 274 g/mol. The van der Waals surface area contributed by atoms with E-state index < -0.39 is 17.8 Å². The lowest BCUT2D eigenvalue weighted by molar-refractivity contribution is -0.137. The second-order valence-corrected chi connectivity index (χ2v) is 4.22. The van der Waals surface area contributed by atoms with E-state index in [0.717, 1.165) is 18.7 Å². The van der Waals surface area contributed by atoms with E-state index in [9.17, 15) is 18.0 Å². The lowest BCUT2D eigenvalue weighted by atomic mass is 10.2. The van der Waals surface area contributed by atoms with Gasteiger partial charge in [-0.25, -0.2) is 4.79 Å². The van der Waals surface area contributed by atoms with E-state index in [1.54, 1.807) is 0 Å². The van der Waals surface area contributed by atoms with Crippen molar-refractivity contribution in [2.75, 3.05) is 18.4 Å². The van der Waals surface area contributed by atoms with Gasteiger partial charge in [0.15, 0.2) is 0 Å². The molecular formula is C12H13F3N2O2. The first kappa shape index (κ1) is 13.7. The van der Waals surface area contributed by atoms with E-state index in [-0.39, 0.29) is 11.8 Å². The van der Waals surface area contributed by atoms with Gasteiger partial charge in [-0.1, -0.05) is 6.07 Å². The smallest absolute Gasteiger partial charge is 0.416 e. The molecule has 7 heteroatoms. The van der Waals surface area contributed by atoms with Gasteiger partial charge in [-0.3, -0.25) is 5.32 Å². The van der Waals surface area contributed by atoms with Crippen LogP contribution in [0, 0.1) is 0 Å². The molecule has 0 aliphatic carbocycles. The number of hydrogen-bond donors (Lipinski definition) is 2. The number of amides is 1. The SMILES string of the molecule is O=C(Nc1cccc(C(F)(F)F)c1)OC1CCNC1. The summed E-state index contributed by atoms with van der Waals surface area (Å²) in [6, 6.07) is 4.42. The summed E-state index contributed by atoms with van der Waals surface area (Å²) in [5, 5.41) is 5.31. The highest BCUT2D eigenvalue weighted by Crippen LogP contribution is 2.30. The molecule has 1 atom stereocenters. The highest BCUT2D eigenvalue weighted by atomic mass is 19.4. The van der Waals surface area contributed by atoms with Crippen LogP contribution in [0.3, 0.4) is 0 Å². The van der Waals surface area contributed by atoms with Crippen molar-refractivity contribution in [2.45, 2.75) is 18.7 Å². The fourth-order valence-electron chi connectivity index (χ4n) is 1.80. The summed E-state index contributed by atoms with van der Waals surface area (Å²) < 4.78 is 42.5. The fraction of sp³-hybridized carbons (Fsp3) is 0.417.